The fraction of sp³-hybridized carbons (Fsp3) is 0.875. The Labute approximate surface area is 128 Å². The van der Waals surface area contributed by atoms with Crippen molar-refractivity contribution in [2.24, 2.45) is 5.41 Å². The van der Waals surface area contributed by atoms with E-state index in [2.05, 4.69) is 33.0 Å². The molecule has 2 unspecified atom stereocenters. The van der Waals surface area contributed by atoms with Gasteiger partial charge in [0, 0.05) is 25.0 Å². The number of likely N-dealkylation sites (tertiary alicyclic amines) is 1. The number of hydrogen-bond donors (Lipinski definition) is 2. The van der Waals surface area contributed by atoms with E-state index in [0.717, 1.165) is 25.7 Å². The van der Waals surface area contributed by atoms with Gasteiger partial charge in [0.15, 0.2) is 0 Å². The summed E-state index contributed by atoms with van der Waals surface area (Å²) < 4.78 is 0. The second-order valence-corrected chi connectivity index (χ2v) is 6.94. The van der Waals surface area contributed by atoms with Crippen molar-refractivity contribution in [2.45, 2.75) is 78.3 Å². The van der Waals surface area contributed by atoms with Gasteiger partial charge >= 0.3 is 12.0 Å². The van der Waals surface area contributed by atoms with Gasteiger partial charge in [-0.3, -0.25) is 4.79 Å². The molecule has 2 N–H and O–H groups in total. The minimum Gasteiger partial charge on any atom is -0.481 e. The van der Waals surface area contributed by atoms with Crippen LogP contribution in [0.2, 0.25) is 0 Å². The Bertz CT molecular complexity index is 369. The summed E-state index contributed by atoms with van der Waals surface area (Å²) in [6.45, 7) is 8.93. The van der Waals surface area contributed by atoms with Gasteiger partial charge in [-0.2, -0.15) is 0 Å². The summed E-state index contributed by atoms with van der Waals surface area (Å²) in [5.41, 5.74) is -0.0630. The molecule has 122 valence electrons. The predicted octanol–water partition coefficient (Wildman–Crippen LogP) is 3.24. The Hall–Kier alpha value is -1.26. The molecule has 0 saturated carbocycles. The highest BCUT2D eigenvalue weighted by molar-refractivity contribution is 5.75. The van der Waals surface area contributed by atoms with E-state index >= 15 is 0 Å². The Morgan fingerprint density at radius 1 is 1.29 bits per heavy atom. The lowest BCUT2D eigenvalue weighted by Gasteiger charge is -2.29. The van der Waals surface area contributed by atoms with E-state index in [4.69, 9.17) is 5.11 Å². The molecule has 1 aliphatic heterocycles. The van der Waals surface area contributed by atoms with Crippen LogP contribution in [0, 0.1) is 5.41 Å². The van der Waals surface area contributed by atoms with Gasteiger partial charge in [-0.1, -0.05) is 20.8 Å². The highest BCUT2D eigenvalue weighted by atomic mass is 16.4. The lowest BCUT2D eigenvalue weighted by Crippen LogP contribution is -2.46. The lowest BCUT2D eigenvalue weighted by molar-refractivity contribution is -0.137. The van der Waals surface area contributed by atoms with Gasteiger partial charge in [0.05, 0.1) is 0 Å². The maximum atomic E-state index is 12.3. The highest BCUT2D eigenvalue weighted by Crippen LogP contribution is 2.27. The maximum Gasteiger partial charge on any atom is 0.317 e. The molecule has 1 saturated heterocycles. The standard InChI is InChI=1S/C16H30N2O3/c1-5-13-7-6-12(2)18(13)15(21)17-11-10-16(3,4)9-8-14(19)20/h12-13H,5-11H2,1-4H3,(H,17,21)(H,19,20). The quantitative estimate of drug-likeness (QED) is 0.758. The second kappa shape index (κ2) is 7.66. The molecular weight excluding hydrogens is 268 g/mol. The van der Waals surface area contributed by atoms with Gasteiger partial charge in [-0.25, -0.2) is 4.79 Å². The summed E-state index contributed by atoms with van der Waals surface area (Å²) in [6, 6.07) is 0.705. The fourth-order valence-corrected chi connectivity index (χ4v) is 3.01. The van der Waals surface area contributed by atoms with Crippen LogP contribution in [0.5, 0.6) is 0 Å². The molecule has 1 aliphatic rings. The third kappa shape index (κ3) is 5.56. The van der Waals surface area contributed by atoms with Crippen LogP contribution in [0.25, 0.3) is 0 Å². The number of urea groups is 1. The summed E-state index contributed by atoms with van der Waals surface area (Å²) in [6.07, 6.45) is 4.79. The molecule has 0 bridgehead atoms. The van der Waals surface area contributed by atoms with E-state index in [1.807, 2.05) is 4.90 Å². The number of carboxylic acids is 1. The zero-order valence-electron chi connectivity index (χ0n) is 13.8. The zero-order valence-corrected chi connectivity index (χ0v) is 13.8. The number of carbonyl (C=O) groups excluding carboxylic acids is 1. The van der Waals surface area contributed by atoms with Crippen molar-refractivity contribution in [1.29, 1.82) is 0 Å². The first kappa shape index (κ1) is 17.8. The van der Waals surface area contributed by atoms with Gasteiger partial charge in [-0.15, -0.1) is 0 Å². The smallest absolute Gasteiger partial charge is 0.317 e. The van der Waals surface area contributed by atoms with E-state index in [0.29, 0.717) is 25.0 Å². The number of aliphatic carboxylic acids is 1. The van der Waals surface area contributed by atoms with Crippen LogP contribution in [0.15, 0.2) is 0 Å². The number of hydrogen-bond acceptors (Lipinski definition) is 2. The number of nitrogens with one attached hydrogen (secondary N) is 1. The Morgan fingerprint density at radius 3 is 2.52 bits per heavy atom. The van der Waals surface area contributed by atoms with E-state index < -0.39 is 5.97 Å². The molecule has 0 aliphatic carbocycles. The van der Waals surface area contributed by atoms with Gasteiger partial charge in [0.1, 0.15) is 0 Å². The SMILES string of the molecule is CCC1CCC(C)N1C(=O)NCCC(C)(C)CCC(=O)O. The summed E-state index contributed by atoms with van der Waals surface area (Å²) in [4.78, 5) is 24.9. The van der Waals surface area contributed by atoms with Gasteiger partial charge < -0.3 is 15.3 Å². The fourth-order valence-electron chi connectivity index (χ4n) is 3.01. The third-order valence-electron chi connectivity index (χ3n) is 4.59. The average molecular weight is 298 g/mol. The van der Waals surface area contributed by atoms with Crippen molar-refractivity contribution in [1.82, 2.24) is 10.2 Å². The molecule has 21 heavy (non-hydrogen) atoms. The summed E-state index contributed by atoms with van der Waals surface area (Å²) in [7, 11) is 0. The van der Waals surface area contributed by atoms with Gasteiger partial charge in [0.2, 0.25) is 0 Å². The molecular formula is C16H30N2O3. The molecule has 0 aromatic carbocycles. The second-order valence-electron chi connectivity index (χ2n) is 6.94. The third-order valence-corrected chi connectivity index (χ3v) is 4.59. The monoisotopic (exact) mass is 298 g/mol. The largest absolute Gasteiger partial charge is 0.481 e. The van der Waals surface area contributed by atoms with Gasteiger partial charge in [-0.05, 0) is 44.4 Å². The van der Waals surface area contributed by atoms with Crippen LogP contribution in [0.4, 0.5) is 4.79 Å². The van der Waals surface area contributed by atoms with Crippen LogP contribution in [0.1, 0.15) is 66.2 Å². The number of nitrogens with zero attached hydrogens (tertiary/aromatic N) is 1. The van der Waals surface area contributed by atoms with Crippen LogP contribution < -0.4 is 5.32 Å². The first-order valence-corrected chi connectivity index (χ1v) is 8.05. The Balaban J connectivity index is 2.37. The average Bonchev–Trinajstić information content (AvgIpc) is 2.77. The Morgan fingerprint density at radius 2 is 1.95 bits per heavy atom. The molecule has 0 spiro atoms. The van der Waals surface area contributed by atoms with Crippen molar-refractivity contribution < 1.29 is 14.7 Å². The zero-order chi connectivity index (χ0) is 16.0. The van der Waals surface area contributed by atoms with Gasteiger partial charge in [0.25, 0.3) is 0 Å². The predicted molar refractivity (Wildman–Crippen MR) is 83.3 cm³/mol. The van der Waals surface area contributed by atoms with Crippen molar-refractivity contribution >= 4 is 12.0 Å². The highest BCUT2D eigenvalue weighted by Gasteiger charge is 2.33. The lowest BCUT2D eigenvalue weighted by atomic mass is 9.84. The summed E-state index contributed by atoms with van der Waals surface area (Å²) in [5.74, 6) is -0.760. The van der Waals surface area contributed by atoms with Crippen molar-refractivity contribution in [3.8, 4) is 0 Å². The first-order chi connectivity index (χ1) is 9.76. The molecule has 1 heterocycles. The van der Waals surface area contributed by atoms with Crippen molar-refractivity contribution in [3.63, 3.8) is 0 Å². The molecule has 5 nitrogen and oxygen atoms in total. The normalized spacial score (nSPS) is 22.4. The molecule has 0 aromatic heterocycles. The maximum absolute atomic E-state index is 12.3. The van der Waals surface area contributed by atoms with Crippen molar-refractivity contribution in [2.75, 3.05) is 6.54 Å². The van der Waals surface area contributed by atoms with Crippen LogP contribution in [0.3, 0.4) is 0 Å². The molecule has 2 amide bonds. The van der Waals surface area contributed by atoms with Crippen LogP contribution in [-0.4, -0.2) is 40.6 Å². The van der Waals surface area contributed by atoms with E-state index in [9.17, 15) is 9.59 Å². The molecule has 1 rings (SSSR count). The number of rotatable bonds is 7. The summed E-state index contributed by atoms with van der Waals surface area (Å²) >= 11 is 0. The Kier molecular flexibility index (Phi) is 6.49. The molecule has 1 fully saturated rings. The van der Waals surface area contributed by atoms with E-state index in [1.54, 1.807) is 0 Å². The molecule has 2 atom stereocenters. The number of carbonyl (C=O) groups is 2. The topological polar surface area (TPSA) is 69.6 Å². The van der Waals surface area contributed by atoms with Crippen LogP contribution >= 0.6 is 0 Å². The molecule has 5 heteroatoms. The minimum absolute atomic E-state index is 0.0286. The van der Waals surface area contributed by atoms with Crippen molar-refractivity contribution in [3.05, 3.63) is 0 Å². The van der Waals surface area contributed by atoms with Crippen LogP contribution in [-0.2, 0) is 4.79 Å². The minimum atomic E-state index is -0.760. The van der Waals surface area contributed by atoms with E-state index in [-0.39, 0.29) is 17.9 Å². The number of amides is 2. The molecule has 0 radical (unpaired) electrons. The summed E-state index contributed by atoms with van der Waals surface area (Å²) in [5, 5.41) is 11.7. The first-order valence-electron chi connectivity index (χ1n) is 8.05. The number of carboxylic acid groups (broad SMARTS) is 1. The molecule has 0 aromatic rings. The van der Waals surface area contributed by atoms with E-state index in [1.165, 1.54) is 0 Å².